The van der Waals surface area contributed by atoms with E-state index < -0.39 is 101 Å². The molecule has 210 valence electrons. The zero-order chi connectivity index (χ0) is 27.9. The Morgan fingerprint density at radius 2 is 1.68 bits per heavy atom. The number of ether oxygens (including phenoxy) is 6. The lowest BCUT2D eigenvalue weighted by Gasteiger charge is -2.53. The van der Waals surface area contributed by atoms with E-state index in [0.717, 1.165) is 0 Å². The standard InChI is InChI=1S/C26H34O12/c1-9-16-22(35-13(5)29)26(32)10(2)24(31)36-15(26)7-14(8-33-11(3)27)18-19(37-18)21(30)25(16,6)23-20(38-23)17(9)34-12(4)28/h7,9-10,15-23,30,32H,8H2,1-6H3. The monoisotopic (exact) mass is 538 g/mol. The summed E-state index contributed by atoms with van der Waals surface area (Å²) in [5.74, 6) is -5.10. The summed E-state index contributed by atoms with van der Waals surface area (Å²) in [6.45, 7) is 8.50. The zero-order valence-electron chi connectivity index (χ0n) is 22.1. The molecule has 38 heavy (non-hydrogen) atoms. The number of aliphatic hydroxyl groups excluding tert-OH is 1. The number of hydrogen-bond donors (Lipinski definition) is 2. The molecule has 2 aliphatic carbocycles. The van der Waals surface area contributed by atoms with Gasteiger partial charge in [0.25, 0.3) is 0 Å². The molecule has 5 rings (SSSR count). The third-order valence-corrected chi connectivity index (χ3v) is 9.04. The first kappa shape index (κ1) is 27.0. The first-order valence-corrected chi connectivity index (χ1v) is 12.8. The Morgan fingerprint density at radius 3 is 2.29 bits per heavy atom. The van der Waals surface area contributed by atoms with Crippen molar-refractivity contribution in [3.63, 3.8) is 0 Å². The summed E-state index contributed by atoms with van der Waals surface area (Å²) in [6, 6.07) is 0. The SMILES string of the molecule is CC(=O)OCC1=CC2OC(=O)C(C)C2(O)C(OC(C)=O)C2C(C)C(OC(C)=O)C3OC3C2(C)C(O)C2OC12. The highest BCUT2D eigenvalue weighted by atomic mass is 16.6. The fourth-order valence-electron chi connectivity index (χ4n) is 7.05. The molecule has 12 heteroatoms. The third kappa shape index (κ3) is 3.95. The Bertz CT molecular complexity index is 1090. The summed E-state index contributed by atoms with van der Waals surface area (Å²) in [5, 5.41) is 24.2. The predicted molar refractivity (Wildman–Crippen MR) is 124 cm³/mol. The van der Waals surface area contributed by atoms with E-state index in [-0.39, 0.29) is 6.61 Å². The number of epoxide rings is 2. The van der Waals surface area contributed by atoms with Crippen LogP contribution in [0.4, 0.5) is 0 Å². The topological polar surface area (TPSA) is 171 Å². The molecule has 0 amide bonds. The van der Waals surface area contributed by atoms with Gasteiger partial charge < -0.3 is 38.6 Å². The number of hydrogen-bond acceptors (Lipinski definition) is 12. The summed E-state index contributed by atoms with van der Waals surface area (Å²) in [7, 11) is 0. The molecule has 3 heterocycles. The van der Waals surface area contributed by atoms with E-state index in [1.165, 1.54) is 33.8 Å². The first-order valence-electron chi connectivity index (χ1n) is 12.8. The van der Waals surface area contributed by atoms with Gasteiger partial charge in [0.1, 0.15) is 37.1 Å². The maximum atomic E-state index is 12.9. The Hall–Kier alpha value is -2.54. The van der Waals surface area contributed by atoms with Gasteiger partial charge in [0.05, 0.1) is 18.1 Å². The van der Waals surface area contributed by atoms with Crippen LogP contribution >= 0.6 is 0 Å². The molecule has 3 saturated heterocycles. The summed E-state index contributed by atoms with van der Waals surface area (Å²) < 4.78 is 34.1. The molecule has 13 atom stereocenters. The van der Waals surface area contributed by atoms with Gasteiger partial charge in [-0.2, -0.15) is 0 Å². The lowest BCUT2D eigenvalue weighted by atomic mass is 9.53. The molecule has 1 saturated carbocycles. The van der Waals surface area contributed by atoms with Crippen LogP contribution in [-0.2, 0) is 47.6 Å². The van der Waals surface area contributed by atoms with Crippen molar-refractivity contribution in [3.8, 4) is 0 Å². The van der Waals surface area contributed by atoms with Crippen LogP contribution in [0.1, 0.15) is 41.5 Å². The zero-order valence-corrected chi connectivity index (χ0v) is 22.1. The highest BCUT2D eigenvalue weighted by molar-refractivity contribution is 5.78. The molecule has 2 N–H and O–H groups in total. The van der Waals surface area contributed by atoms with Crippen LogP contribution in [0.15, 0.2) is 11.6 Å². The number of esters is 4. The van der Waals surface area contributed by atoms with Gasteiger partial charge in [0, 0.05) is 38.0 Å². The van der Waals surface area contributed by atoms with Gasteiger partial charge in [-0.25, -0.2) is 0 Å². The second-order valence-electron chi connectivity index (χ2n) is 11.3. The van der Waals surface area contributed by atoms with Crippen molar-refractivity contribution in [2.24, 2.45) is 23.2 Å². The smallest absolute Gasteiger partial charge is 0.312 e. The van der Waals surface area contributed by atoms with E-state index in [0.29, 0.717) is 5.57 Å². The Labute approximate surface area is 219 Å². The van der Waals surface area contributed by atoms with E-state index >= 15 is 0 Å². The van der Waals surface area contributed by atoms with Crippen molar-refractivity contribution in [2.45, 2.75) is 96.0 Å². The van der Waals surface area contributed by atoms with E-state index in [2.05, 4.69) is 0 Å². The summed E-state index contributed by atoms with van der Waals surface area (Å²) in [6.07, 6.45) is -5.70. The first-order chi connectivity index (χ1) is 17.7. The highest BCUT2D eigenvalue weighted by Crippen LogP contribution is 2.62. The third-order valence-electron chi connectivity index (χ3n) is 9.04. The van der Waals surface area contributed by atoms with Gasteiger partial charge in [0.2, 0.25) is 0 Å². The second kappa shape index (κ2) is 9.00. The summed E-state index contributed by atoms with van der Waals surface area (Å²) in [4.78, 5) is 48.9. The minimum absolute atomic E-state index is 0.215. The normalized spacial score (nSPS) is 48.6. The molecule has 12 nitrogen and oxygen atoms in total. The van der Waals surface area contributed by atoms with Crippen LogP contribution in [0.5, 0.6) is 0 Å². The van der Waals surface area contributed by atoms with Crippen LogP contribution in [0.3, 0.4) is 0 Å². The largest absolute Gasteiger partial charge is 0.461 e. The van der Waals surface area contributed by atoms with Crippen molar-refractivity contribution >= 4 is 23.9 Å². The average molecular weight is 539 g/mol. The van der Waals surface area contributed by atoms with Gasteiger partial charge in [-0.15, -0.1) is 0 Å². The molecule has 13 unspecified atom stereocenters. The van der Waals surface area contributed by atoms with Crippen LogP contribution in [0.25, 0.3) is 0 Å². The van der Waals surface area contributed by atoms with Gasteiger partial charge >= 0.3 is 23.9 Å². The molecule has 5 aliphatic rings. The molecule has 0 bridgehead atoms. The Balaban J connectivity index is 1.69. The van der Waals surface area contributed by atoms with E-state index in [9.17, 15) is 29.4 Å². The molecular weight excluding hydrogens is 504 g/mol. The number of rotatable bonds is 4. The molecule has 0 radical (unpaired) electrons. The van der Waals surface area contributed by atoms with E-state index in [1.54, 1.807) is 13.8 Å². The van der Waals surface area contributed by atoms with Crippen molar-refractivity contribution in [1.82, 2.24) is 0 Å². The van der Waals surface area contributed by atoms with Gasteiger partial charge in [-0.3, -0.25) is 19.2 Å². The minimum atomic E-state index is -2.09. The van der Waals surface area contributed by atoms with Crippen molar-refractivity contribution in [1.29, 1.82) is 0 Å². The molecule has 0 aromatic heterocycles. The molecule has 3 aliphatic heterocycles. The fraction of sp³-hybridized carbons (Fsp3) is 0.769. The van der Waals surface area contributed by atoms with Crippen LogP contribution in [0, 0.1) is 23.2 Å². The molecule has 4 fully saturated rings. The predicted octanol–water partition coefficient (Wildman–Crippen LogP) is -0.187. The number of aliphatic hydroxyl groups is 2. The number of carbonyl (C=O) groups excluding carboxylic acids is 4. The molecule has 0 spiro atoms. The lowest BCUT2D eigenvalue weighted by molar-refractivity contribution is -0.219. The molecular formula is C26H34O12. The van der Waals surface area contributed by atoms with Crippen molar-refractivity contribution in [3.05, 3.63) is 11.6 Å². The van der Waals surface area contributed by atoms with E-state index in [4.69, 9.17) is 28.4 Å². The maximum Gasteiger partial charge on any atom is 0.312 e. The van der Waals surface area contributed by atoms with Crippen LogP contribution < -0.4 is 0 Å². The van der Waals surface area contributed by atoms with Gasteiger partial charge in [-0.05, 0) is 18.6 Å². The van der Waals surface area contributed by atoms with Gasteiger partial charge in [-0.1, -0.05) is 13.8 Å². The molecule has 0 aromatic carbocycles. The quantitative estimate of drug-likeness (QED) is 0.210. The number of carbonyl (C=O) groups is 4. The van der Waals surface area contributed by atoms with Crippen LogP contribution in [0.2, 0.25) is 0 Å². The van der Waals surface area contributed by atoms with Crippen LogP contribution in [-0.4, -0.2) is 95.1 Å². The second-order valence-corrected chi connectivity index (χ2v) is 11.3. The van der Waals surface area contributed by atoms with E-state index in [1.807, 2.05) is 0 Å². The highest BCUT2D eigenvalue weighted by Gasteiger charge is 2.76. The fourth-order valence-corrected chi connectivity index (χ4v) is 7.05. The van der Waals surface area contributed by atoms with Gasteiger partial charge in [0.15, 0.2) is 11.7 Å². The summed E-state index contributed by atoms with van der Waals surface area (Å²) in [5.41, 5.74) is -2.86. The van der Waals surface area contributed by atoms with Crippen molar-refractivity contribution in [2.75, 3.05) is 6.61 Å². The maximum absolute atomic E-state index is 12.9. The lowest BCUT2D eigenvalue weighted by Crippen LogP contribution is -2.67. The minimum Gasteiger partial charge on any atom is -0.461 e. The average Bonchev–Trinajstić information content (AvgIpc) is 3.74. The Kier molecular flexibility index (Phi) is 6.41. The molecule has 0 aromatic rings. The summed E-state index contributed by atoms with van der Waals surface area (Å²) >= 11 is 0. The van der Waals surface area contributed by atoms with Crippen molar-refractivity contribution < 1.29 is 57.8 Å². The number of fused-ring (bicyclic) bond motifs is 5. The Morgan fingerprint density at radius 1 is 1.03 bits per heavy atom.